The molecule has 0 fully saturated rings. The minimum absolute atomic E-state index is 0.00253. The quantitative estimate of drug-likeness (QED) is 0.239. The summed E-state index contributed by atoms with van der Waals surface area (Å²) in [6.07, 6.45) is 3.59. The fraction of sp³-hybridized carbons (Fsp3) is 0.465. The molecule has 0 aliphatic rings. The van der Waals surface area contributed by atoms with Crippen molar-refractivity contribution in [3.8, 4) is 22.3 Å². The van der Waals surface area contributed by atoms with Gasteiger partial charge in [-0.05, 0) is 84.2 Å². The Morgan fingerprint density at radius 1 is 0.478 bits per heavy atom. The fourth-order valence-electron chi connectivity index (χ4n) is 6.05. The van der Waals surface area contributed by atoms with E-state index in [0.717, 1.165) is 11.4 Å². The maximum absolute atomic E-state index is 6.60. The molecule has 0 spiro atoms. The van der Waals surface area contributed by atoms with Crippen molar-refractivity contribution in [1.82, 2.24) is 4.98 Å². The first-order valence-electron chi connectivity index (χ1n) is 16.8. The van der Waals surface area contributed by atoms with Crippen LogP contribution in [0.15, 0.2) is 67.0 Å². The minimum atomic E-state index is -0.0809. The lowest BCUT2D eigenvalue weighted by Crippen LogP contribution is -2.18. The Bertz CT molecular complexity index is 1630. The molecule has 0 radical (unpaired) electrons. The number of benzene rings is 3. The van der Waals surface area contributed by atoms with Crippen molar-refractivity contribution in [1.29, 1.82) is 0 Å². The summed E-state index contributed by atoms with van der Waals surface area (Å²) in [5.41, 5.74) is 20.3. The normalized spacial score (nSPS) is 13.2. The summed E-state index contributed by atoms with van der Waals surface area (Å²) in [4.78, 5) is 4.47. The Morgan fingerprint density at radius 3 is 1.22 bits per heavy atom. The predicted octanol–water partition coefficient (Wildman–Crippen LogP) is 12.2. The number of rotatable bonds is 4. The Morgan fingerprint density at radius 2 is 0.870 bits per heavy atom. The van der Waals surface area contributed by atoms with Crippen LogP contribution >= 0.6 is 0 Å². The first-order valence-corrected chi connectivity index (χ1v) is 16.8. The molecule has 3 N–H and O–H groups in total. The van der Waals surface area contributed by atoms with Crippen LogP contribution in [0, 0.1) is 0 Å². The SMILES string of the molecule is CC(C)(C)c1ccc(C(C)(C)C)c(-c2cc(C(C)(C)C)cc(-c3cc(C(C)(C)C)ccc3C(C)(C)C)c2Nc2cnccc2N)c1. The van der Waals surface area contributed by atoms with E-state index in [9.17, 15) is 0 Å². The van der Waals surface area contributed by atoms with Gasteiger partial charge in [-0.15, -0.1) is 0 Å². The third-order valence-electron chi connectivity index (χ3n) is 9.09. The van der Waals surface area contributed by atoms with E-state index in [1.165, 1.54) is 50.1 Å². The first kappa shape index (κ1) is 35.3. The van der Waals surface area contributed by atoms with Gasteiger partial charge in [0.25, 0.3) is 0 Å². The van der Waals surface area contributed by atoms with Crippen molar-refractivity contribution < 1.29 is 0 Å². The van der Waals surface area contributed by atoms with E-state index in [1.807, 2.05) is 12.3 Å². The van der Waals surface area contributed by atoms with Gasteiger partial charge in [-0.3, -0.25) is 4.98 Å². The van der Waals surface area contributed by atoms with Crippen LogP contribution in [0.2, 0.25) is 0 Å². The first-order chi connectivity index (χ1) is 20.9. The molecule has 3 aromatic carbocycles. The Hall–Kier alpha value is -3.59. The van der Waals surface area contributed by atoms with Gasteiger partial charge in [0.1, 0.15) is 0 Å². The largest absolute Gasteiger partial charge is 0.397 e. The molecule has 4 rings (SSSR count). The highest BCUT2D eigenvalue weighted by Crippen LogP contribution is 2.49. The summed E-state index contributed by atoms with van der Waals surface area (Å²) in [6.45, 7) is 34.6. The summed E-state index contributed by atoms with van der Waals surface area (Å²) >= 11 is 0. The zero-order valence-corrected chi connectivity index (χ0v) is 31.4. The smallest absolute Gasteiger partial charge is 0.0804 e. The molecule has 0 aliphatic carbocycles. The van der Waals surface area contributed by atoms with Crippen LogP contribution in [-0.4, -0.2) is 4.98 Å². The molecule has 0 saturated carbocycles. The van der Waals surface area contributed by atoms with Gasteiger partial charge < -0.3 is 11.1 Å². The maximum atomic E-state index is 6.60. The van der Waals surface area contributed by atoms with Gasteiger partial charge >= 0.3 is 0 Å². The van der Waals surface area contributed by atoms with E-state index in [4.69, 9.17) is 5.73 Å². The molecule has 46 heavy (non-hydrogen) atoms. The van der Waals surface area contributed by atoms with Crippen LogP contribution in [-0.2, 0) is 27.1 Å². The lowest BCUT2D eigenvalue weighted by Gasteiger charge is -2.32. The number of pyridine rings is 1. The van der Waals surface area contributed by atoms with Crippen molar-refractivity contribution in [3.63, 3.8) is 0 Å². The van der Waals surface area contributed by atoms with Crippen LogP contribution in [0.25, 0.3) is 22.3 Å². The Labute approximate surface area is 280 Å². The monoisotopic (exact) mass is 617 g/mol. The van der Waals surface area contributed by atoms with Crippen molar-refractivity contribution in [2.75, 3.05) is 11.1 Å². The third kappa shape index (κ3) is 7.51. The highest BCUT2D eigenvalue weighted by Gasteiger charge is 2.30. The van der Waals surface area contributed by atoms with Gasteiger partial charge in [0.15, 0.2) is 0 Å². The molecule has 0 atom stereocenters. The van der Waals surface area contributed by atoms with E-state index in [1.54, 1.807) is 6.20 Å². The molecular formula is C43H59N3. The van der Waals surface area contributed by atoms with Crippen LogP contribution in [0.3, 0.4) is 0 Å². The summed E-state index contributed by atoms with van der Waals surface area (Å²) in [5, 5.41) is 3.87. The number of aromatic nitrogens is 1. The van der Waals surface area contributed by atoms with Crippen molar-refractivity contribution in [2.45, 2.75) is 131 Å². The lowest BCUT2D eigenvalue weighted by molar-refractivity contribution is 0.577. The standard InChI is InChI=1S/C43H59N3/c1-39(2,3)27-16-18-34(42(10,11)12)30(22-27)32-24-29(41(7,8)9)25-33(38(32)46-37-26-45-21-20-36(37)44)31-23-28(40(4,5)6)17-19-35(31)43(13,14)15/h16-26,46H,1-15H3,(H2,44,45). The van der Waals surface area contributed by atoms with Gasteiger partial charge in [-0.1, -0.05) is 140 Å². The number of nitrogen functional groups attached to an aromatic ring is 1. The van der Waals surface area contributed by atoms with E-state index in [0.29, 0.717) is 5.69 Å². The summed E-state index contributed by atoms with van der Waals surface area (Å²) in [7, 11) is 0. The van der Waals surface area contributed by atoms with Crippen LogP contribution in [0.4, 0.5) is 17.1 Å². The van der Waals surface area contributed by atoms with Gasteiger partial charge in [0, 0.05) is 17.3 Å². The maximum Gasteiger partial charge on any atom is 0.0804 e. The molecule has 0 saturated heterocycles. The number of hydrogen-bond donors (Lipinski definition) is 2. The second kappa shape index (κ2) is 11.9. The molecule has 3 nitrogen and oxygen atoms in total. The molecule has 3 heteroatoms. The molecule has 4 aromatic rings. The molecule has 1 aromatic heterocycles. The third-order valence-corrected chi connectivity index (χ3v) is 9.09. The zero-order chi connectivity index (χ0) is 34.6. The van der Waals surface area contributed by atoms with Crippen molar-refractivity contribution >= 4 is 17.1 Å². The lowest BCUT2D eigenvalue weighted by atomic mass is 9.74. The summed E-state index contributed by atoms with van der Waals surface area (Å²) in [5.74, 6) is 0. The van der Waals surface area contributed by atoms with Crippen LogP contribution < -0.4 is 11.1 Å². The molecule has 1 heterocycles. The number of nitrogens with two attached hydrogens (primary N) is 1. The van der Waals surface area contributed by atoms with Gasteiger partial charge in [-0.2, -0.15) is 0 Å². The summed E-state index contributed by atoms with van der Waals surface area (Å²) in [6, 6.07) is 20.9. The molecular weight excluding hydrogens is 558 g/mol. The van der Waals surface area contributed by atoms with Crippen LogP contribution in [0.1, 0.15) is 132 Å². The van der Waals surface area contributed by atoms with Gasteiger partial charge in [0.2, 0.25) is 0 Å². The minimum Gasteiger partial charge on any atom is -0.397 e. The number of hydrogen-bond acceptors (Lipinski definition) is 3. The Kier molecular flexibility index (Phi) is 9.12. The van der Waals surface area contributed by atoms with E-state index < -0.39 is 0 Å². The topological polar surface area (TPSA) is 50.9 Å². The highest BCUT2D eigenvalue weighted by molar-refractivity contribution is 5.96. The summed E-state index contributed by atoms with van der Waals surface area (Å²) < 4.78 is 0. The molecule has 246 valence electrons. The second-order valence-corrected chi connectivity index (χ2v) is 18.3. The number of anilines is 3. The number of nitrogens with zero attached hydrogens (tertiary/aromatic N) is 1. The predicted molar refractivity (Wildman–Crippen MR) is 203 cm³/mol. The van der Waals surface area contributed by atoms with Crippen molar-refractivity contribution in [2.24, 2.45) is 0 Å². The van der Waals surface area contributed by atoms with E-state index in [-0.39, 0.29) is 27.1 Å². The van der Waals surface area contributed by atoms with E-state index in [2.05, 4.69) is 163 Å². The molecule has 0 unspecified atom stereocenters. The van der Waals surface area contributed by atoms with Crippen molar-refractivity contribution in [3.05, 3.63) is 94.8 Å². The fourth-order valence-corrected chi connectivity index (χ4v) is 6.05. The second-order valence-electron chi connectivity index (χ2n) is 18.3. The highest BCUT2D eigenvalue weighted by atomic mass is 14.9. The average molecular weight is 618 g/mol. The van der Waals surface area contributed by atoms with Gasteiger partial charge in [-0.25, -0.2) is 0 Å². The molecule has 0 bridgehead atoms. The zero-order valence-electron chi connectivity index (χ0n) is 31.4. The molecule has 0 aliphatic heterocycles. The van der Waals surface area contributed by atoms with Crippen LogP contribution in [0.5, 0.6) is 0 Å². The van der Waals surface area contributed by atoms with Gasteiger partial charge in [0.05, 0.1) is 23.3 Å². The number of nitrogens with one attached hydrogen (secondary N) is 1. The average Bonchev–Trinajstić information content (AvgIpc) is 2.91. The van der Waals surface area contributed by atoms with E-state index >= 15 is 0 Å². The molecule has 0 amide bonds. The Balaban J connectivity index is 2.30.